The van der Waals surface area contributed by atoms with Gasteiger partial charge in [0.15, 0.2) is 0 Å². The molecule has 0 saturated heterocycles. The minimum Gasteiger partial charge on any atom is -0.393 e. The molecule has 0 aliphatic heterocycles. The van der Waals surface area contributed by atoms with Gasteiger partial charge in [-0.25, -0.2) is 9.97 Å². The highest BCUT2D eigenvalue weighted by atomic mass is 16.3. The molecule has 0 fully saturated rings. The minimum atomic E-state index is -0.241. The summed E-state index contributed by atoms with van der Waals surface area (Å²) >= 11 is 0. The monoisotopic (exact) mass is 206 g/mol. The van der Waals surface area contributed by atoms with E-state index in [1.165, 1.54) is 17.7 Å². The second-order valence-electron chi connectivity index (χ2n) is 4.25. The molecule has 1 aliphatic rings. The highest BCUT2D eigenvalue weighted by molar-refractivity contribution is 5.29. The highest BCUT2D eigenvalue weighted by Crippen LogP contribution is 2.22. The fourth-order valence-corrected chi connectivity index (χ4v) is 2.26. The molecule has 0 spiro atoms. The van der Waals surface area contributed by atoms with Gasteiger partial charge in [-0.15, -0.1) is 0 Å². The number of aryl methyl sites for hydroxylation is 1. The van der Waals surface area contributed by atoms with Crippen molar-refractivity contribution in [2.24, 2.45) is 0 Å². The topological polar surface area (TPSA) is 46.0 Å². The average Bonchev–Trinajstić information content (AvgIpc) is 2.67. The third-order valence-corrected chi connectivity index (χ3v) is 3.02. The van der Waals surface area contributed by atoms with Crippen molar-refractivity contribution in [3.05, 3.63) is 23.3 Å². The summed E-state index contributed by atoms with van der Waals surface area (Å²) in [6.07, 6.45) is 7.32. The van der Waals surface area contributed by atoms with Crippen molar-refractivity contribution in [3.63, 3.8) is 0 Å². The van der Waals surface area contributed by atoms with Crippen LogP contribution < -0.4 is 0 Å². The maximum atomic E-state index is 9.77. The van der Waals surface area contributed by atoms with Crippen molar-refractivity contribution in [1.29, 1.82) is 0 Å². The summed E-state index contributed by atoms with van der Waals surface area (Å²) in [6, 6.07) is 0. The van der Waals surface area contributed by atoms with E-state index in [4.69, 9.17) is 0 Å². The second-order valence-corrected chi connectivity index (χ2v) is 4.25. The van der Waals surface area contributed by atoms with Gasteiger partial charge in [-0.1, -0.05) is 13.3 Å². The summed E-state index contributed by atoms with van der Waals surface area (Å²) in [6.45, 7) is 2.09. The van der Waals surface area contributed by atoms with Crippen molar-refractivity contribution >= 4 is 0 Å². The molecule has 82 valence electrons. The fourth-order valence-electron chi connectivity index (χ4n) is 2.26. The number of hydrogen-bond donors (Lipinski definition) is 1. The van der Waals surface area contributed by atoms with E-state index in [-0.39, 0.29) is 6.10 Å². The number of aromatic nitrogens is 2. The molecule has 0 bridgehead atoms. The smallest absolute Gasteiger partial charge is 0.115 e. The molecule has 1 aromatic rings. The Labute approximate surface area is 90.6 Å². The molecule has 0 amide bonds. The lowest BCUT2D eigenvalue weighted by molar-refractivity contribution is 0.162. The van der Waals surface area contributed by atoms with E-state index in [1.54, 1.807) is 6.33 Å². The van der Waals surface area contributed by atoms with Crippen molar-refractivity contribution in [1.82, 2.24) is 9.97 Å². The van der Waals surface area contributed by atoms with Crippen molar-refractivity contribution in [2.75, 3.05) is 0 Å². The zero-order valence-electron chi connectivity index (χ0n) is 9.24. The van der Waals surface area contributed by atoms with Crippen LogP contribution in [0.4, 0.5) is 0 Å². The highest BCUT2D eigenvalue weighted by Gasteiger charge is 2.18. The molecule has 1 N–H and O–H groups in total. The Balaban J connectivity index is 2.11. The van der Waals surface area contributed by atoms with E-state index in [0.717, 1.165) is 31.4 Å². The number of fused-ring (bicyclic) bond motifs is 1. The molecular weight excluding hydrogens is 188 g/mol. The SMILES string of the molecule is CCCC(O)Cc1ncnc2c1CCC2. The second kappa shape index (κ2) is 4.71. The molecule has 1 aliphatic carbocycles. The zero-order valence-corrected chi connectivity index (χ0v) is 9.24. The van der Waals surface area contributed by atoms with Crippen LogP contribution >= 0.6 is 0 Å². The van der Waals surface area contributed by atoms with Crippen LogP contribution in [0.1, 0.15) is 43.1 Å². The fraction of sp³-hybridized carbons (Fsp3) is 0.667. The quantitative estimate of drug-likeness (QED) is 0.815. The van der Waals surface area contributed by atoms with E-state index in [2.05, 4.69) is 16.9 Å². The Bertz CT molecular complexity index is 338. The van der Waals surface area contributed by atoms with Crippen LogP contribution in [0.3, 0.4) is 0 Å². The Morgan fingerprint density at radius 3 is 3.07 bits per heavy atom. The predicted molar refractivity (Wildman–Crippen MR) is 58.7 cm³/mol. The first-order valence-corrected chi connectivity index (χ1v) is 5.81. The molecule has 1 unspecified atom stereocenters. The first kappa shape index (κ1) is 10.6. The largest absolute Gasteiger partial charge is 0.393 e. The minimum absolute atomic E-state index is 0.241. The van der Waals surface area contributed by atoms with Crippen LogP contribution in [0.15, 0.2) is 6.33 Å². The first-order chi connectivity index (χ1) is 7.31. The molecular formula is C12H18N2O. The third kappa shape index (κ3) is 2.34. The summed E-state index contributed by atoms with van der Waals surface area (Å²) in [5.74, 6) is 0. The van der Waals surface area contributed by atoms with Gasteiger partial charge in [0, 0.05) is 17.8 Å². The molecule has 0 aromatic carbocycles. The van der Waals surface area contributed by atoms with Crippen molar-refractivity contribution in [2.45, 2.75) is 51.6 Å². The third-order valence-electron chi connectivity index (χ3n) is 3.02. The Kier molecular flexibility index (Phi) is 3.31. The van der Waals surface area contributed by atoms with Crippen LogP contribution in [-0.2, 0) is 19.3 Å². The van der Waals surface area contributed by atoms with Crippen LogP contribution in [0.5, 0.6) is 0 Å². The molecule has 3 nitrogen and oxygen atoms in total. The zero-order chi connectivity index (χ0) is 10.7. The Morgan fingerprint density at radius 1 is 1.40 bits per heavy atom. The normalized spacial score (nSPS) is 16.4. The van der Waals surface area contributed by atoms with E-state index >= 15 is 0 Å². The summed E-state index contributed by atoms with van der Waals surface area (Å²) in [5.41, 5.74) is 3.56. The molecule has 1 heterocycles. The van der Waals surface area contributed by atoms with Crippen LogP contribution in [-0.4, -0.2) is 21.2 Å². The lowest BCUT2D eigenvalue weighted by Crippen LogP contribution is -2.13. The number of hydrogen-bond acceptors (Lipinski definition) is 3. The predicted octanol–water partition coefficient (Wildman–Crippen LogP) is 1.67. The maximum Gasteiger partial charge on any atom is 0.115 e. The van der Waals surface area contributed by atoms with E-state index in [9.17, 15) is 5.11 Å². The lowest BCUT2D eigenvalue weighted by atomic mass is 10.0. The summed E-state index contributed by atoms with van der Waals surface area (Å²) in [4.78, 5) is 8.58. The summed E-state index contributed by atoms with van der Waals surface area (Å²) < 4.78 is 0. The summed E-state index contributed by atoms with van der Waals surface area (Å²) in [7, 11) is 0. The van der Waals surface area contributed by atoms with Gasteiger partial charge in [0.2, 0.25) is 0 Å². The van der Waals surface area contributed by atoms with Crippen LogP contribution in [0, 0.1) is 0 Å². The molecule has 1 atom stereocenters. The number of nitrogens with zero attached hydrogens (tertiary/aromatic N) is 2. The van der Waals surface area contributed by atoms with Gasteiger partial charge in [0.1, 0.15) is 6.33 Å². The van der Waals surface area contributed by atoms with Crippen LogP contribution in [0.25, 0.3) is 0 Å². The van der Waals surface area contributed by atoms with Gasteiger partial charge in [-0.05, 0) is 31.2 Å². The first-order valence-electron chi connectivity index (χ1n) is 5.81. The van der Waals surface area contributed by atoms with Crippen molar-refractivity contribution in [3.8, 4) is 0 Å². The standard InChI is InChI=1S/C12H18N2O/c1-2-4-9(15)7-12-10-5-3-6-11(10)13-8-14-12/h8-9,15H,2-7H2,1H3. The number of aliphatic hydroxyl groups is 1. The van der Waals surface area contributed by atoms with Gasteiger partial charge >= 0.3 is 0 Å². The lowest BCUT2D eigenvalue weighted by Gasteiger charge is -2.11. The molecule has 15 heavy (non-hydrogen) atoms. The summed E-state index contributed by atoms with van der Waals surface area (Å²) in [5, 5.41) is 9.77. The average molecular weight is 206 g/mol. The number of aliphatic hydroxyl groups excluding tert-OH is 1. The molecule has 0 radical (unpaired) electrons. The molecule has 3 heteroatoms. The molecule has 1 aromatic heterocycles. The van der Waals surface area contributed by atoms with E-state index in [1.807, 2.05) is 0 Å². The van der Waals surface area contributed by atoms with Gasteiger partial charge in [0.25, 0.3) is 0 Å². The molecule has 2 rings (SSSR count). The molecule has 0 saturated carbocycles. The van der Waals surface area contributed by atoms with Gasteiger partial charge < -0.3 is 5.11 Å². The maximum absolute atomic E-state index is 9.77. The van der Waals surface area contributed by atoms with Crippen molar-refractivity contribution < 1.29 is 5.11 Å². The Morgan fingerprint density at radius 2 is 2.27 bits per heavy atom. The van der Waals surface area contributed by atoms with Gasteiger partial charge in [-0.2, -0.15) is 0 Å². The van der Waals surface area contributed by atoms with E-state index < -0.39 is 0 Å². The van der Waals surface area contributed by atoms with Gasteiger partial charge in [0.05, 0.1) is 6.10 Å². The Hall–Kier alpha value is -0.960. The van der Waals surface area contributed by atoms with E-state index in [0.29, 0.717) is 6.42 Å². The van der Waals surface area contributed by atoms with Crippen LogP contribution in [0.2, 0.25) is 0 Å². The van der Waals surface area contributed by atoms with Gasteiger partial charge in [-0.3, -0.25) is 0 Å². The number of rotatable bonds is 4.